The summed E-state index contributed by atoms with van der Waals surface area (Å²) < 4.78 is 0. The minimum absolute atomic E-state index is 0.635. The Bertz CT molecular complexity index is 361. The first-order valence-electron chi connectivity index (χ1n) is 4.74. The molecule has 1 heterocycles. The zero-order valence-electron chi connectivity index (χ0n) is 8.89. The minimum atomic E-state index is 0.635. The van der Waals surface area contributed by atoms with Gasteiger partial charge < -0.3 is 5.32 Å². The number of nitrogens with zero attached hydrogens (tertiary/aromatic N) is 2. The molecule has 1 rings (SSSR count). The number of aryl methyl sites for hydroxylation is 2. The highest BCUT2D eigenvalue weighted by molar-refractivity contribution is 5.37. The van der Waals surface area contributed by atoms with Crippen molar-refractivity contribution in [3.05, 3.63) is 17.6 Å². The van der Waals surface area contributed by atoms with Gasteiger partial charge in [0.05, 0.1) is 6.54 Å². The highest BCUT2D eigenvalue weighted by Crippen LogP contribution is 2.06. The molecule has 14 heavy (non-hydrogen) atoms. The van der Waals surface area contributed by atoms with Gasteiger partial charge in [-0.25, -0.2) is 9.97 Å². The second-order valence-electron chi connectivity index (χ2n) is 2.93. The second kappa shape index (κ2) is 5.23. The van der Waals surface area contributed by atoms with Crippen LogP contribution >= 0.6 is 0 Å². The number of anilines is 1. The van der Waals surface area contributed by atoms with Crippen molar-refractivity contribution in [3.63, 3.8) is 0 Å². The fourth-order valence-electron chi connectivity index (χ4n) is 1.12. The lowest BCUT2D eigenvalue weighted by atomic mass is 10.3. The first-order chi connectivity index (χ1) is 6.76. The van der Waals surface area contributed by atoms with Gasteiger partial charge in [0, 0.05) is 11.8 Å². The Morgan fingerprint density at radius 2 is 2.21 bits per heavy atom. The normalized spacial score (nSPS) is 9.07. The molecule has 3 nitrogen and oxygen atoms in total. The summed E-state index contributed by atoms with van der Waals surface area (Å²) in [5.74, 6) is 7.42. The second-order valence-corrected chi connectivity index (χ2v) is 2.93. The molecule has 0 saturated heterocycles. The summed E-state index contributed by atoms with van der Waals surface area (Å²) in [6.45, 7) is 6.44. The molecule has 0 saturated carbocycles. The molecular formula is C11H15N3. The van der Waals surface area contributed by atoms with Crippen LogP contribution in [0.4, 0.5) is 5.82 Å². The van der Waals surface area contributed by atoms with E-state index in [1.807, 2.05) is 19.9 Å². The van der Waals surface area contributed by atoms with Gasteiger partial charge in [-0.15, -0.1) is 5.92 Å². The van der Waals surface area contributed by atoms with Crippen molar-refractivity contribution >= 4 is 5.82 Å². The molecule has 0 aliphatic heterocycles. The molecule has 0 unspecified atom stereocenters. The van der Waals surface area contributed by atoms with Crippen molar-refractivity contribution in [2.75, 3.05) is 11.9 Å². The van der Waals surface area contributed by atoms with Crippen LogP contribution in [0.3, 0.4) is 0 Å². The third-order valence-electron chi connectivity index (χ3n) is 1.79. The monoisotopic (exact) mass is 189 g/mol. The van der Waals surface area contributed by atoms with E-state index in [-0.39, 0.29) is 0 Å². The molecule has 3 heteroatoms. The maximum absolute atomic E-state index is 4.29. The molecular weight excluding hydrogens is 174 g/mol. The molecule has 74 valence electrons. The molecule has 0 spiro atoms. The zero-order valence-corrected chi connectivity index (χ0v) is 8.89. The van der Waals surface area contributed by atoms with E-state index in [4.69, 9.17) is 0 Å². The third kappa shape index (κ3) is 3.06. The van der Waals surface area contributed by atoms with Crippen molar-refractivity contribution < 1.29 is 0 Å². The van der Waals surface area contributed by atoms with Crippen molar-refractivity contribution in [2.24, 2.45) is 0 Å². The molecule has 0 bridgehead atoms. The summed E-state index contributed by atoms with van der Waals surface area (Å²) in [6, 6.07) is 1.96. The van der Waals surface area contributed by atoms with E-state index in [0.717, 1.165) is 23.8 Å². The predicted octanol–water partition coefficient (Wildman–Crippen LogP) is 1.78. The van der Waals surface area contributed by atoms with Crippen LogP contribution in [0.25, 0.3) is 0 Å². The molecule has 0 radical (unpaired) electrons. The summed E-state index contributed by atoms with van der Waals surface area (Å²) in [7, 11) is 0. The van der Waals surface area contributed by atoms with Crippen LogP contribution in [-0.2, 0) is 6.42 Å². The molecule has 0 atom stereocenters. The lowest BCUT2D eigenvalue weighted by Gasteiger charge is -2.04. The Labute approximate surface area is 85.0 Å². The van der Waals surface area contributed by atoms with E-state index >= 15 is 0 Å². The molecule has 0 aliphatic carbocycles. The summed E-state index contributed by atoms with van der Waals surface area (Å²) in [5, 5.41) is 3.14. The quantitative estimate of drug-likeness (QED) is 0.736. The van der Waals surface area contributed by atoms with Crippen LogP contribution in [0, 0.1) is 18.8 Å². The number of aromatic nitrogens is 2. The van der Waals surface area contributed by atoms with E-state index in [9.17, 15) is 0 Å². The average Bonchev–Trinajstić information content (AvgIpc) is 2.17. The van der Waals surface area contributed by atoms with Gasteiger partial charge in [-0.3, -0.25) is 0 Å². The SMILES string of the molecule is CC#CCNc1cc(CC)nc(C)n1. The Kier molecular flexibility index (Phi) is 3.93. The molecule has 0 amide bonds. The topological polar surface area (TPSA) is 37.8 Å². The lowest BCUT2D eigenvalue weighted by molar-refractivity contribution is 0.949. The summed E-state index contributed by atoms with van der Waals surface area (Å²) >= 11 is 0. The Hall–Kier alpha value is -1.56. The smallest absolute Gasteiger partial charge is 0.130 e. The Balaban J connectivity index is 2.74. The van der Waals surface area contributed by atoms with Gasteiger partial charge in [0.2, 0.25) is 0 Å². The van der Waals surface area contributed by atoms with Gasteiger partial charge in [-0.2, -0.15) is 0 Å². The summed E-state index contributed by atoms with van der Waals surface area (Å²) in [4.78, 5) is 8.56. The van der Waals surface area contributed by atoms with E-state index in [2.05, 4.69) is 34.0 Å². The van der Waals surface area contributed by atoms with Gasteiger partial charge >= 0.3 is 0 Å². The van der Waals surface area contributed by atoms with E-state index in [1.165, 1.54) is 0 Å². The average molecular weight is 189 g/mol. The van der Waals surface area contributed by atoms with Crippen molar-refractivity contribution in [3.8, 4) is 11.8 Å². The maximum atomic E-state index is 4.29. The standard InChI is InChI=1S/C11H15N3/c1-4-6-7-12-11-8-10(5-2)13-9(3)14-11/h8H,5,7H2,1-3H3,(H,12,13,14). The van der Waals surface area contributed by atoms with Crippen LogP contribution in [0.1, 0.15) is 25.4 Å². The Morgan fingerprint density at radius 1 is 1.43 bits per heavy atom. The van der Waals surface area contributed by atoms with E-state index in [0.29, 0.717) is 6.54 Å². The van der Waals surface area contributed by atoms with Gasteiger partial charge in [0.25, 0.3) is 0 Å². The van der Waals surface area contributed by atoms with Crippen molar-refractivity contribution in [1.82, 2.24) is 9.97 Å². The van der Waals surface area contributed by atoms with Crippen LogP contribution in [0.5, 0.6) is 0 Å². The summed E-state index contributed by atoms with van der Waals surface area (Å²) in [6.07, 6.45) is 0.928. The number of nitrogens with one attached hydrogen (secondary N) is 1. The highest BCUT2D eigenvalue weighted by Gasteiger charge is 1.98. The fourth-order valence-corrected chi connectivity index (χ4v) is 1.12. The molecule has 1 N–H and O–H groups in total. The Morgan fingerprint density at radius 3 is 2.86 bits per heavy atom. The van der Waals surface area contributed by atoms with Crippen molar-refractivity contribution in [2.45, 2.75) is 27.2 Å². The molecule has 1 aromatic heterocycles. The highest BCUT2D eigenvalue weighted by atomic mass is 15.0. The number of hydrogen-bond acceptors (Lipinski definition) is 3. The van der Waals surface area contributed by atoms with Gasteiger partial charge in [-0.1, -0.05) is 12.8 Å². The first kappa shape index (κ1) is 10.5. The largest absolute Gasteiger partial charge is 0.359 e. The van der Waals surface area contributed by atoms with Gasteiger partial charge in [-0.05, 0) is 20.3 Å². The molecule has 1 aromatic rings. The van der Waals surface area contributed by atoms with Crippen LogP contribution < -0.4 is 5.32 Å². The maximum Gasteiger partial charge on any atom is 0.130 e. The zero-order chi connectivity index (χ0) is 10.4. The van der Waals surface area contributed by atoms with Crippen LogP contribution in [-0.4, -0.2) is 16.5 Å². The van der Waals surface area contributed by atoms with Crippen LogP contribution in [0.2, 0.25) is 0 Å². The number of hydrogen-bond donors (Lipinski definition) is 1. The van der Waals surface area contributed by atoms with Crippen LogP contribution in [0.15, 0.2) is 6.07 Å². The first-order valence-corrected chi connectivity index (χ1v) is 4.74. The molecule has 0 fully saturated rings. The lowest BCUT2D eigenvalue weighted by Crippen LogP contribution is -2.04. The van der Waals surface area contributed by atoms with Crippen molar-refractivity contribution in [1.29, 1.82) is 0 Å². The predicted molar refractivity (Wildman–Crippen MR) is 58.1 cm³/mol. The van der Waals surface area contributed by atoms with E-state index < -0.39 is 0 Å². The fraction of sp³-hybridized carbons (Fsp3) is 0.455. The minimum Gasteiger partial charge on any atom is -0.359 e. The van der Waals surface area contributed by atoms with Gasteiger partial charge in [0.1, 0.15) is 11.6 Å². The number of rotatable bonds is 3. The molecule has 0 aromatic carbocycles. The van der Waals surface area contributed by atoms with E-state index in [1.54, 1.807) is 0 Å². The van der Waals surface area contributed by atoms with Gasteiger partial charge in [0.15, 0.2) is 0 Å². The third-order valence-corrected chi connectivity index (χ3v) is 1.79. The molecule has 0 aliphatic rings. The summed E-state index contributed by atoms with van der Waals surface area (Å²) in [5.41, 5.74) is 1.06.